The zero-order valence-corrected chi connectivity index (χ0v) is 8.20. The summed E-state index contributed by atoms with van der Waals surface area (Å²) in [6.45, 7) is 3.81. The van der Waals surface area contributed by atoms with Crippen LogP contribution >= 0.6 is 0 Å². The third kappa shape index (κ3) is 0.704. The first-order valence-electron chi connectivity index (χ1n) is 4.92. The fourth-order valence-electron chi connectivity index (χ4n) is 3.27. The molecule has 0 aromatic heterocycles. The molecular weight excluding hydrogens is 184 g/mol. The second-order valence-electron chi connectivity index (χ2n) is 4.92. The highest BCUT2D eigenvalue weighted by Crippen LogP contribution is 2.59. The maximum atomic E-state index is 11.5. The molecule has 4 atom stereocenters. The van der Waals surface area contributed by atoms with Crippen molar-refractivity contribution in [3.63, 3.8) is 0 Å². The first-order valence-corrected chi connectivity index (χ1v) is 4.92. The SMILES string of the molecule is CC12CCC(C)(O1)C1C(=O)OC(=O)C12. The molecule has 14 heavy (non-hydrogen) atoms. The topological polar surface area (TPSA) is 52.6 Å². The molecule has 0 spiro atoms. The van der Waals surface area contributed by atoms with Crippen LogP contribution in [0, 0.1) is 11.8 Å². The number of hydrogen-bond donors (Lipinski definition) is 0. The van der Waals surface area contributed by atoms with E-state index >= 15 is 0 Å². The molecule has 4 heteroatoms. The molecule has 0 N–H and O–H groups in total. The van der Waals surface area contributed by atoms with E-state index in [1.165, 1.54) is 0 Å². The van der Waals surface area contributed by atoms with Gasteiger partial charge in [-0.2, -0.15) is 0 Å². The van der Waals surface area contributed by atoms with Crippen LogP contribution in [0.15, 0.2) is 0 Å². The molecule has 0 aliphatic carbocycles. The molecule has 0 radical (unpaired) electrons. The van der Waals surface area contributed by atoms with Gasteiger partial charge < -0.3 is 9.47 Å². The largest absolute Gasteiger partial charge is 0.393 e. The molecule has 3 saturated heterocycles. The van der Waals surface area contributed by atoms with Gasteiger partial charge in [-0.15, -0.1) is 0 Å². The summed E-state index contributed by atoms with van der Waals surface area (Å²) in [6, 6.07) is 0. The van der Waals surface area contributed by atoms with Crippen LogP contribution in [0.4, 0.5) is 0 Å². The summed E-state index contributed by atoms with van der Waals surface area (Å²) in [5.41, 5.74) is -0.939. The minimum atomic E-state index is -0.470. The van der Waals surface area contributed by atoms with E-state index in [0.29, 0.717) is 0 Å². The van der Waals surface area contributed by atoms with Crippen LogP contribution in [0.2, 0.25) is 0 Å². The number of carbonyl (C=O) groups is 2. The lowest BCUT2D eigenvalue weighted by molar-refractivity contribution is -0.161. The van der Waals surface area contributed by atoms with Crippen molar-refractivity contribution >= 4 is 11.9 Å². The zero-order chi connectivity index (χ0) is 10.1. The molecule has 0 aromatic carbocycles. The standard InChI is InChI=1S/C10H12O4/c1-9-3-4-10(2,14-9)6-5(9)7(11)13-8(6)12/h5-6H,3-4H2,1-2H3. The van der Waals surface area contributed by atoms with Crippen LogP contribution in [-0.2, 0) is 19.1 Å². The summed E-state index contributed by atoms with van der Waals surface area (Å²) in [5.74, 6) is -1.53. The molecule has 0 aromatic rings. The Bertz CT molecular complexity index is 318. The van der Waals surface area contributed by atoms with E-state index in [2.05, 4.69) is 4.74 Å². The number of rotatable bonds is 0. The average Bonchev–Trinajstić information content (AvgIpc) is 2.60. The maximum Gasteiger partial charge on any atom is 0.320 e. The van der Waals surface area contributed by atoms with Gasteiger partial charge in [-0.3, -0.25) is 9.59 Å². The van der Waals surface area contributed by atoms with E-state index in [1.807, 2.05) is 13.8 Å². The Labute approximate surface area is 81.6 Å². The van der Waals surface area contributed by atoms with Gasteiger partial charge in [-0.1, -0.05) is 0 Å². The lowest BCUT2D eigenvalue weighted by atomic mass is 9.69. The van der Waals surface area contributed by atoms with Crippen LogP contribution < -0.4 is 0 Å². The van der Waals surface area contributed by atoms with Crippen molar-refractivity contribution in [1.82, 2.24) is 0 Å². The van der Waals surface area contributed by atoms with Gasteiger partial charge in [-0.05, 0) is 26.7 Å². The lowest BCUT2D eigenvalue weighted by Crippen LogP contribution is -2.40. The molecule has 0 amide bonds. The highest BCUT2D eigenvalue weighted by Gasteiger charge is 2.71. The second kappa shape index (κ2) is 2.03. The summed E-state index contributed by atoms with van der Waals surface area (Å²) in [5, 5.41) is 0. The highest BCUT2D eigenvalue weighted by atomic mass is 16.6. The molecule has 2 bridgehead atoms. The molecule has 3 aliphatic heterocycles. The molecule has 4 nitrogen and oxygen atoms in total. The summed E-state index contributed by atoms with van der Waals surface area (Å²) in [6.07, 6.45) is 1.68. The van der Waals surface area contributed by atoms with E-state index in [-0.39, 0.29) is 11.8 Å². The molecule has 3 aliphatic rings. The minimum absolute atomic E-state index is 0.367. The monoisotopic (exact) mass is 196 g/mol. The van der Waals surface area contributed by atoms with Crippen molar-refractivity contribution in [2.45, 2.75) is 37.9 Å². The number of esters is 2. The first kappa shape index (κ1) is 8.41. The third-order valence-corrected chi connectivity index (χ3v) is 3.94. The summed E-state index contributed by atoms with van der Waals surface area (Å²) < 4.78 is 10.5. The Hall–Kier alpha value is -0.900. The quantitative estimate of drug-likeness (QED) is 0.421. The normalized spacial score (nSPS) is 55.0. The predicted molar refractivity (Wildman–Crippen MR) is 45.2 cm³/mol. The van der Waals surface area contributed by atoms with Crippen molar-refractivity contribution in [1.29, 1.82) is 0 Å². The average molecular weight is 196 g/mol. The number of hydrogen-bond acceptors (Lipinski definition) is 4. The second-order valence-corrected chi connectivity index (χ2v) is 4.92. The van der Waals surface area contributed by atoms with Gasteiger partial charge in [0.1, 0.15) is 11.8 Å². The number of cyclic esters (lactones) is 2. The Balaban J connectivity index is 2.13. The van der Waals surface area contributed by atoms with Gasteiger partial charge in [-0.25, -0.2) is 0 Å². The van der Waals surface area contributed by atoms with Crippen LogP contribution in [0.1, 0.15) is 26.7 Å². The Morgan fingerprint density at radius 3 is 1.93 bits per heavy atom. The van der Waals surface area contributed by atoms with Crippen molar-refractivity contribution in [2.24, 2.45) is 11.8 Å². The molecule has 0 saturated carbocycles. The van der Waals surface area contributed by atoms with E-state index in [1.54, 1.807) is 0 Å². The maximum absolute atomic E-state index is 11.5. The number of fused-ring (bicyclic) bond motifs is 5. The van der Waals surface area contributed by atoms with Crippen molar-refractivity contribution in [2.75, 3.05) is 0 Å². The van der Waals surface area contributed by atoms with Crippen LogP contribution in [0.25, 0.3) is 0 Å². The van der Waals surface area contributed by atoms with Gasteiger partial charge in [0.25, 0.3) is 0 Å². The van der Waals surface area contributed by atoms with Gasteiger partial charge in [0.05, 0.1) is 11.2 Å². The van der Waals surface area contributed by atoms with E-state index in [9.17, 15) is 9.59 Å². The molecule has 76 valence electrons. The van der Waals surface area contributed by atoms with Crippen molar-refractivity contribution in [3.8, 4) is 0 Å². The number of carbonyl (C=O) groups excluding carboxylic acids is 2. The van der Waals surface area contributed by atoms with Crippen molar-refractivity contribution in [3.05, 3.63) is 0 Å². The Morgan fingerprint density at radius 1 is 1.07 bits per heavy atom. The lowest BCUT2D eigenvalue weighted by Gasteiger charge is -2.25. The number of ether oxygens (including phenoxy) is 2. The van der Waals surface area contributed by atoms with Gasteiger partial charge in [0.2, 0.25) is 0 Å². The molecule has 3 heterocycles. The smallest absolute Gasteiger partial charge is 0.320 e. The van der Waals surface area contributed by atoms with E-state index in [0.717, 1.165) is 12.8 Å². The van der Waals surface area contributed by atoms with E-state index in [4.69, 9.17) is 4.74 Å². The van der Waals surface area contributed by atoms with Crippen LogP contribution in [-0.4, -0.2) is 23.1 Å². The predicted octanol–water partition coefficient (Wildman–Crippen LogP) is 0.644. The zero-order valence-electron chi connectivity index (χ0n) is 8.20. The molecule has 4 unspecified atom stereocenters. The van der Waals surface area contributed by atoms with Gasteiger partial charge >= 0.3 is 11.9 Å². The minimum Gasteiger partial charge on any atom is -0.393 e. The van der Waals surface area contributed by atoms with Gasteiger partial charge in [0.15, 0.2) is 0 Å². The summed E-state index contributed by atoms with van der Waals surface area (Å²) in [7, 11) is 0. The molecule has 3 rings (SSSR count). The highest BCUT2D eigenvalue weighted by molar-refractivity contribution is 5.98. The van der Waals surface area contributed by atoms with Gasteiger partial charge in [0, 0.05) is 0 Å². The first-order chi connectivity index (χ1) is 6.46. The Morgan fingerprint density at radius 2 is 1.50 bits per heavy atom. The van der Waals surface area contributed by atoms with Crippen molar-refractivity contribution < 1.29 is 19.1 Å². The third-order valence-electron chi connectivity index (χ3n) is 3.94. The van der Waals surface area contributed by atoms with Crippen LogP contribution in [0.3, 0.4) is 0 Å². The summed E-state index contributed by atoms with van der Waals surface area (Å²) >= 11 is 0. The summed E-state index contributed by atoms with van der Waals surface area (Å²) in [4.78, 5) is 23.0. The fourth-order valence-corrected chi connectivity index (χ4v) is 3.27. The van der Waals surface area contributed by atoms with Crippen LogP contribution in [0.5, 0.6) is 0 Å². The Kier molecular flexibility index (Phi) is 1.22. The fraction of sp³-hybridized carbons (Fsp3) is 0.800. The molecular formula is C10H12O4. The van der Waals surface area contributed by atoms with E-state index < -0.39 is 23.1 Å². The molecule has 3 fully saturated rings.